The minimum atomic E-state index is 1.75. The predicted molar refractivity (Wildman–Crippen MR) is 29.0 cm³/mol. The number of aliphatic imine (C=N–C) groups is 1. The van der Waals surface area contributed by atoms with Crippen LogP contribution in [0, 0.1) is 0 Å². The lowest BCUT2D eigenvalue weighted by molar-refractivity contribution is 1.53. The van der Waals surface area contributed by atoms with Crippen LogP contribution in [-0.4, -0.2) is 6.21 Å². The first-order valence-corrected chi connectivity index (χ1v) is 2.00. The molecule has 0 N–H and O–H groups in total. The highest BCUT2D eigenvalue weighted by molar-refractivity contribution is 5.54. The SMILES string of the molecule is C/C=C\N=C\C. The van der Waals surface area contributed by atoms with Gasteiger partial charge in [-0.25, -0.2) is 0 Å². The van der Waals surface area contributed by atoms with Crippen LogP contribution in [0.1, 0.15) is 13.8 Å². The molecule has 0 atom stereocenters. The second-order valence-electron chi connectivity index (χ2n) is 0.890. The average Bonchev–Trinajstić information content (AvgIpc) is 1.61. The van der Waals surface area contributed by atoms with Crippen LogP contribution in [0.5, 0.6) is 0 Å². The van der Waals surface area contributed by atoms with Crippen molar-refractivity contribution in [1.29, 1.82) is 0 Å². The number of hydrogen-bond acceptors (Lipinski definition) is 1. The largest absolute Gasteiger partial charge is 0.270 e. The molecule has 0 unspecified atom stereocenters. The molecule has 0 aliphatic carbocycles. The van der Waals surface area contributed by atoms with Crippen molar-refractivity contribution in [2.45, 2.75) is 13.8 Å². The number of hydrogen-bond donors (Lipinski definition) is 0. The summed E-state index contributed by atoms with van der Waals surface area (Å²) < 4.78 is 0. The van der Waals surface area contributed by atoms with Gasteiger partial charge in [0.1, 0.15) is 0 Å². The molecule has 0 heterocycles. The third kappa shape index (κ3) is 3.41. The molecule has 0 amide bonds. The molecule has 0 rings (SSSR count). The Hall–Kier alpha value is -0.590. The van der Waals surface area contributed by atoms with E-state index >= 15 is 0 Å². The van der Waals surface area contributed by atoms with E-state index in [1.165, 1.54) is 0 Å². The van der Waals surface area contributed by atoms with Gasteiger partial charge in [-0.1, -0.05) is 6.08 Å². The molecule has 0 fully saturated rings. The van der Waals surface area contributed by atoms with Crippen LogP contribution < -0.4 is 0 Å². The van der Waals surface area contributed by atoms with E-state index < -0.39 is 0 Å². The van der Waals surface area contributed by atoms with Crippen LogP contribution in [0.25, 0.3) is 0 Å². The van der Waals surface area contributed by atoms with Crippen LogP contribution in [0.15, 0.2) is 17.3 Å². The molecule has 0 saturated carbocycles. The molecule has 0 aliphatic rings. The lowest BCUT2D eigenvalue weighted by Gasteiger charge is -1.64. The zero-order valence-corrected chi connectivity index (χ0v) is 4.18. The fourth-order valence-corrected chi connectivity index (χ4v) is 0.172. The summed E-state index contributed by atoms with van der Waals surface area (Å²) in [5.74, 6) is 0. The molecular formula is C5H9N. The lowest BCUT2D eigenvalue weighted by atomic mass is 10.7. The molecule has 1 nitrogen and oxygen atoms in total. The Balaban J connectivity index is 3.07. The number of rotatable bonds is 1. The third-order valence-corrected chi connectivity index (χ3v) is 0.384. The summed E-state index contributed by atoms with van der Waals surface area (Å²) in [5, 5.41) is 0. The van der Waals surface area contributed by atoms with Crippen molar-refractivity contribution in [3.05, 3.63) is 12.3 Å². The molecule has 0 aromatic rings. The van der Waals surface area contributed by atoms with Gasteiger partial charge in [0.2, 0.25) is 0 Å². The Morgan fingerprint density at radius 2 is 2.00 bits per heavy atom. The molecule has 0 aromatic heterocycles. The van der Waals surface area contributed by atoms with Crippen LogP contribution in [0.4, 0.5) is 0 Å². The van der Waals surface area contributed by atoms with Gasteiger partial charge < -0.3 is 0 Å². The van der Waals surface area contributed by atoms with Crippen LogP contribution in [-0.2, 0) is 0 Å². The highest BCUT2D eigenvalue weighted by Gasteiger charge is 1.48. The minimum Gasteiger partial charge on any atom is -0.270 e. The standard InChI is InChI=1S/C5H9N/c1-3-5-6-4-2/h3-5H,1-2H3/b5-3-,6-4+. The van der Waals surface area contributed by atoms with E-state index in [-0.39, 0.29) is 0 Å². The highest BCUT2D eigenvalue weighted by atomic mass is 14.6. The van der Waals surface area contributed by atoms with Crippen molar-refractivity contribution < 1.29 is 0 Å². The summed E-state index contributed by atoms with van der Waals surface area (Å²) >= 11 is 0. The molecule has 0 aliphatic heterocycles. The van der Waals surface area contributed by atoms with Crippen molar-refractivity contribution in [1.82, 2.24) is 0 Å². The Kier molecular flexibility index (Phi) is 3.98. The van der Waals surface area contributed by atoms with E-state index in [4.69, 9.17) is 0 Å². The topological polar surface area (TPSA) is 12.4 Å². The van der Waals surface area contributed by atoms with Crippen LogP contribution in [0.2, 0.25) is 0 Å². The smallest absolute Gasteiger partial charge is 0.0221 e. The van der Waals surface area contributed by atoms with E-state index in [9.17, 15) is 0 Å². The van der Waals surface area contributed by atoms with Crippen molar-refractivity contribution in [2.75, 3.05) is 0 Å². The van der Waals surface area contributed by atoms with E-state index in [1.54, 1.807) is 12.4 Å². The first kappa shape index (κ1) is 5.41. The van der Waals surface area contributed by atoms with Gasteiger partial charge in [-0.15, -0.1) is 0 Å². The van der Waals surface area contributed by atoms with Gasteiger partial charge in [0.05, 0.1) is 0 Å². The predicted octanol–water partition coefficient (Wildman–Crippen LogP) is 1.61. The first-order chi connectivity index (χ1) is 2.91. The van der Waals surface area contributed by atoms with Crippen LogP contribution >= 0.6 is 0 Å². The quantitative estimate of drug-likeness (QED) is 0.427. The highest BCUT2D eigenvalue weighted by Crippen LogP contribution is 1.67. The lowest BCUT2D eigenvalue weighted by Crippen LogP contribution is -1.49. The van der Waals surface area contributed by atoms with Gasteiger partial charge in [0.25, 0.3) is 0 Å². The fourth-order valence-electron chi connectivity index (χ4n) is 0.172. The number of nitrogens with zero attached hydrogens (tertiary/aromatic N) is 1. The van der Waals surface area contributed by atoms with E-state index in [2.05, 4.69) is 4.99 Å². The van der Waals surface area contributed by atoms with Gasteiger partial charge in [-0.3, -0.25) is 4.99 Å². The molecule has 34 valence electrons. The molecule has 0 spiro atoms. The normalized spacial score (nSPS) is 11.7. The minimum absolute atomic E-state index is 1.75. The monoisotopic (exact) mass is 83.1 g/mol. The Bertz CT molecular complexity index is 52.3. The van der Waals surface area contributed by atoms with Crippen molar-refractivity contribution >= 4 is 6.21 Å². The maximum absolute atomic E-state index is 3.78. The van der Waals surface area contributed by atoms with E-state index in [0.29, 0.717) is 0 Å². The Morgan fingerprint density at radius 3 is 2.17 bits per heavy atom. The maximum Gasteiger partial charge on any atom is 0.0221 e. The van der Waals surface area contributed by atoms with Gasteiger partial charge >= 0.3 is 0 Å². The molecule has 6 heavy (non-hydrogen) atoms. The third-order valence-electron chi connectivity index (χ3n) is 0.384. The van der Waals surface area contributed by atoms with E-state index in [1.807, 2.05) is 19.9 Å². The van der Waals surface area contributed by atoms with E-state index in [0.717, 1.165) is 0 Å². The molecular weight excluding hydrogens is 74.1 g/mol. The van der Waals surface area contributed by atoms with Gasteiger partial charge in [-0.2, -0.15) is 0 Å². The van der Waals surface area contributed by atoms with Gasteiger partial charge in [-0.05, 0) is 13.8 Å². The Labute approximate surface area is 38.4 Å². The first-order valence-electron chi connectivity index (χ1n) is 2.00. The van der Waals surface area contributed by atoms with Crippen molar-refractivity contribution in [2.24, 2.45) is 4.99 Å². The summed E-state index contributed by atoms with van der Waals surface area (Å²) in [6, 6.07) is 0. The van der Waals surface area contributed by atoms with Gasteiger partial charge in [0, 0.05) is 12.4 Å². The molecule has 0 bridgehead atoms. The summed E-state index contributed by atoms with van der Waals surface area (Å²) in [6.45, 7) is 3.83. The second-order valence-corrected chi connectivity index (χ2v) is 0.890. The molecule has 0 saturated heterocycles. The zero-order valence-electron chi connectivity index (χ0n) is 4.18. The maximum atomic E-state index is 3.78. The summed E-state index contributed by atoms with van der Waals surface area (Å²) in [7, 11) is 0. The van der Waals surface area contributed by atoms with Gasteiger partial charge in [0.15, 0.2) is 0 Å². The summed E-state index contributed by atoms with van der Waals surface area (Å²) in [4.78, 5) is 3.78. The van der Waals surface area contributed by atoms with Crippen molar-refractivity contribution in [3.63, 3.8) is 0 Å². The summed E-state index contributed by atoms with van der Waals surface area (Å²) in [5.41, 5.74) is 0. The fraction of sp³-hybridized carbons (Fsp3) is 0.400. The second kappa shape index (κ2) is 4.41. The zero-order chi connectivity index (χ0) is 4.83. The van der Waals surface area contributed by atoms with Crippen molar-refractivity contribution in [3.8, 4) is 0 Å². The average molecular weight is 83.1 g/mol. The number of allylic oxidation sites excluding steroid dienone is 1. The molecule has 0 radical (unpaired) electrons. The molecule has 0 aromatic carbocycles. The summed E-state index contributed by atoms with van der Waals surface area (Å²) in [6.07, 6.45) is 5.39. The van der Waals surface area contributed by atoms with Crippen LogP contribution in [0.3, 0.4) is 0 Å². The molecule has 1 heteroatoms. The Morgan fingerprint density at radius 1 is 1.33 bits per heavy atom.